The summed E-state index contributed by atoms with van der Waals surface area (Å²) in [5, 5.41) is 8.39. The Hall–Kier alpha value is 1.11. The van der Waals surface area contributed by atoms with Gasteiger partial charge in [-0.1, -0.05) is 51.9 Å². The van der Waals surface area contributed by atoms with E-state index in [2.05, 4.69) is 6.92 Å². The second-order valence-electron chi connectivity index (χ2n) is 3.62. The minimum atomic E-state index is -0.661. The third kappa shape index (κ3) is 15.6. The molecule has 0 aromatic rings. The molecule has 2 nitrogen and oxygen atoms in total. The third-order valence-electron chi connectivity index (χ3n) is 2.24. The van der Waals surface area contributed by atoms with Crippen molar-refractivity contribution in [3.05, 3.63) is 0 Å². The van der Waals surface area contributed by atoms with Gasteiger partial charge >= 0.3 is 57.4 Å². The summed E-state index contributed by atoms with van der Waals surface area (Å²) in [6.45, 7) is 2.22. The van der Waals surface area contributed by atoms with Crippen molar-refractivity contribution < 1.29 is 62.7 Å². The molecule has 0 amide bonds. The van der Waals surface area contributed by atoms with Crippen LogP contribution in [0.1, 0.15) is 66.1 Å². The van der Waals surface area contributed by atoms with Crippen LogP contribution in [0.25, 0.3) is 0 Å². The average Bonchev–Trinajstić information content (AvgIpc) is 2.09. The van der Waals surface area contributed by atoms with Crippen molar-refractivity contribution in [1.82, 2.24) is 0 Å². The Balaban J connectivity index is -0.000000720. The maximum Gasteiger partial charge on any atom is 1.00 e. The Morgan fingerprint density at radius 1 is 1.00 bits per heavy atom. The molecule has 0 spiro atoms. The Bertz CT molecular complexity index is 132. The van der Waals surface area contributed by atoms with E-state index >= 15 is 0 Å². The molecule has 80 valence electrons. The summed E-state index contributed by atoms with van der Waals surface area (Å²) in [6.07, 6.45) is 10.1. The molecule has 0 aliphatic carbocycles. The Morgan fingerprint density at radius 3 is 1.86 bits per heavy atom. The van der Waals surface area contributed by atoms with Crippen LogP contribution >= 0.6 is 0 Å². The quantitative estimate of drug-likeness (QED) is 0.465. The van der Waals surface area contributed by atoms with Gasteiger partial charge < -0.3 is 6.53 Å². The molecule has 0 radical (unpaired) electrons. The number of aliphatic carboxylic acids is 1. The number of hydrogen-bond acceptors (Lipinski definition) is 1. The number of carboxylic acids is 1. The first-order valence-electron chi connectivity index (χ1n) is 5.49. The van der Waals surface area contributed by atoms with E-state index in [0.717, 1.165) is 12.8 Å². The van der Waals surface area contributed by atoms with Crippen LogP contribution in [0.2, 0.25) is 0 Å². The molecule has 0 rings (SSSR count). The molecular formula is C11H23KO2. The van der Waals surface area contributed by atoms with Crippen molar-refractivity contribution in [2.24, 2.45) is 0 Å². The predicted molar refractivity (Wildman–Crippen MR) is 56.0 cm³/mol. The molecule has 0 aromatic carbocycles. The number of carboxylic acid groups (broad SMARTS) is 1. The Labute approximate surface area is 132 Å². The van der Waals surface area contributed by atoms with E-state index in [4.69, 9.17) is 5.11 Å². The first kappa shape index (κ1) is 17.5. The molecule has 0 unspecified atom stereocenters. The number of carbonyl (C=O) groups is 1. The number of hydrogen-bond donors (Lipinski definition) is 1. The average molecular weight is 226 g/mol. The monoisotopic (exact) mass is 226 g/mol. The van der Waals surface area contributed by atoms with Gasteiger partial charge in [-0.25, -0.2) is 0 Å². The summed E-state index contributed by atoms with van der Waals surface area (Å²) in [4.78, 5) is 10.2. The first-order chi connectivity index (χ1) is 6.27. The minimum absolute atomic E-state index is 0. The van der Waals surface area contributed by atoms with Crippen molar-refractivity contribution in [2.75, 3.05) is 0 Å². The van der Waals surface area contributed by atoms with Crippen LogP contribution in [0.4, 0.5) is 0 Å². The van der Waals surface area contributed by atoms with Crippen molar-refractivity contribution in [3.63, 3.8) is 0 Å². The summed E-state index contributed by atoms with van der Waals surface area (Å²) in [6, 6.07) is 0. The van der Waals surface area contributed by atoms with E-state index in [1.54, 1.807) is 0 Å². The SMILES string of the molecule is CCCCCCCCCCC(=O)O.[H-].[K+]. The smallest absolute Gasteiger partial charge is 1.00 e. The fourth-order valence-electron chi connectivity index (χ4n) is 1.41. The second-order valence-corrected chi connectivity index (χ2v) is 3.62. The van der Waals surface area contributed by atoms with E-state index in [0.29, 0.717) is 6.42 Å². The molecule has 14 heavy (non-hydrogen) atoms. The second kappa shape index (κ2) is 14.1. The minimum Gasteiger partial charge on any atom is -1.00 e. The van der Waals surface area contributed by atoms with E-state index < -0.39 is 5.97 Å². The molecular weight excluding hydrogens is 203 g/mol. The van der Waals surface area contributed by atoms with Crippen molar-refractivity contribution in [3.8, 4) is 0 Å². The molecule has 0 fully saturated rings. The van der Waals surface area contributed by atoms with Gasteiger partial charge in [-0.2, -0.15) is 0 Å². The molecule has 0 heterocycles. The van der Waals surface area contributed by atoms with Crippen LogP contribution < -0.4 is 51.4 Å². The van der Waals surface area contributed by atoms with Gasteiger partial charge in [-0.15, -0.1) is 0 Å². The summed E-state index contributed by atoms with van der Waals surface area (Å²) in [5.74, 6) is -0.661. The summed E-state index contributed by atoms with van der Waals surface area (Å²) in [5.41, 5.74) is 0. The van der Waals surface area contributed by atoms with Gasteiger partial charge in [0, 0.05) is 6.42 Å². The Kier molecular flexibility index (Phi) is 17.6. The van der Waals surface area contributed by atoms with Gasteiger partial charge in [-0.3, -0.25) is 4.79 Å². The number of unbranched alkanes of at least 4 members (excludes halogenated alkanes) is 7. The molecule has 0 aliphatic rings. The summed E-state index contributed by atoms with van der Waals surface area (Å²) >= 11 is 0. The van der Waals surface area contributed by atoms with Crippen LogP contribution in [0, 0.1) is 0 Å². The predicted octanol–water partition coefficient (Wildman–Crippen LogP) is 0.718. The van der Waals surface area contributed by atoms with E-state index in [-0.39, 0.29) is 52.8 Å². The van der Waals surface area contributed by atoms with E-state index in [9.17, 15) is 4.79 Å². The van der Waals surface area contributed by atoms with Crippen LogP contribution in [0.3, 0.4) is 0 Å². The molecule has 0 aromatic heterocycles. The van der Waals surface area contributed by atoms with Crippen LogP contribution in [-0.2, 0) is 4.79 Å². The van der Waals surface area contributed by atoms with Gasteiger partial charge in [0.25, 0.3) is 0 Å². The van der Waals surface area contributed by atoms with Gasteiger partial charge in [0.15, 0.2) is 0 Å². The fourth-order valence-corrected chi connectivity index (χ4v) is 1.41. The first-order valence-corrected chi connectivity index (χ1v) is 5.49. The molecule has 1 N–H and O–H groups in total. The molecule has 0 atom stereocenters. The summed E-state index contributed by atoms with van der Waals surface area (Å²) in [7, 11) is 0. The molecule has 0 aliphatic heterocycles. The van der Waals surface area contributed by atoms with Crippen molar-refractivity contribution >= 4 is 5.97 Å². The van der Waals surface area contributed by atoms with Gasteiger partial charge in [0.2, 0.25) is 0 Å². The Morgan fingerprint density at radius 2 is 1.43 bits per heavy atom. The maximum absolute atomic E-state index is 10.2. The van der Waals surface area contributed by atoms with E-state index in [1.165, 1.54) is 38.5 Å². The van der Waals surface area contributed by atoms with Crippen LogP contribution in [-0.4, -0.2) is 11.1 Å². The van der Waals surface area contributed by atoms with Crippen LogP contribution in [0.5, 0.6) is 0 Å². The molecule has 0 saturated heterocycles. The standard InChI is InChI=1S/C11H22O2.K.H/c1-2-3-4-5-6-7-8-9-10-11(12)13;;/h2-10H2,1H3,(H,12,13);;/q;+1;-1. The molecule has 0 bridgehead atoms. The molecule has 0 saturated carbocycles. The molecule has 3 heteroatoms. The maximum atomic E-state index is 10.2. The van der Waals surface area contributed by atoms with Gasteiger partial charge in [0.1, 0.15) is 0 Å². The van der Waals surface area contributed by atoms with Crippen LogP contribution in [0.15, 0.2) is 0 Å². The number of rotatable bonds is 9. The van der Waals surface area contributed by atoms with E-state index in [1.807, 2.05) is 0 Å². The largest absolute Gasteiger partial charge is 1.00 e. The van der Waals surface area contributed by atoms with Gasteiger partial charge in [0.05, 0.1) is 0 Å². The third-order valence-corrected chi connectivity index (χ3v) is 2.24. The van der Waals surface area contributed by atoms with Gasteiger partial charge in [-0.05, 0) is 6.42 Å². The topological polar surface area (TPSA) is 37.3 Å². The summed E-state index contributed by atoms with van der Waals surface area (Å²) < 4.78 is 0. The zero-order valence-electron chi connectivity index (χ0n) is 10.7. The zero-order valence-corrected chi connectivity index (χ0v) is 12.8. The van der Waals surface area contributed by atoms with Crippen molar-refractivity contribution in [2.45, 2.75) is 64.7 Å². The zero-order chi connectivity index (χ0) is 9.94. The van der Waals surface area contributed by atoms with Crippen molar-refractivity contribution in [1.29, 1.82) is 0 Å². The normalized spacial score (nSPS) is 9.50. The fraction of sp³-hybridized carbons (Fsp3) is 0.909.